The van der Waals surface area contributed by atoms with Crippen molar-refractivity contribution < 1.29 is 4.79 Å². The van der Waals surface area contributed by atoms with Gasteiger partial charge in [-0.05, 0) is 50.9 Å². The van der Waals surface area contributed by atoms with Gasteiger partial charge in [0.2, 0.25) is 5.91 Å². The molecule has 1 aliphatic carbocycles. The molecule has 0 atom stereocenters. The summed E-state index contributed by atoms with van der Waals surface area (Å²) in [5, 5.41) is 3.00. The first-order valence-corrected chi connectivity index (χ1v) is 9.34. The Kier molecular flexibility index (Phi) is 7.64. The highest BCUT2D eigenvalue weighted by Crippen LogP contribution is 2.42. The predicted molar refractivity (Wildman–Crippen MR) is 114 cm³/mol. The van der Waals surface area contributed by atoms with Gasteiger partial charge in [0.05, 0.1) is 0 Å². The van der Waals surface area contributed by atoms with Crippen molar-refractivity contribution in [3.8, 4) is 0 Å². The van der Waals surface area contributed by atoms with E-state index in [1.54, 1.807) is 0 Å². The van der Waals surface area contributed by atoms with Gasteiger partial charge in [0.15, 0.2) is 0 Å². The molecule has 1 amide bonds. The van der Waals surface area contributed by atoms with Crippen LogP contribution in [0, 0.1) is 0 Å². The first-order chi connectivity index (χ1) is 12.6. The van der Waals surface area contributed by atoms with Gasteiger partial charge in [0.1, 0.15) is 0 Å². The largest absolute Gasteiger partial charge is 0.348 e. The molecule has 27 heavy (non-hydrogen) atoms. The average Bonchev–Trinajstić information content (AvgIpc) is 2.68. The molecular weight excluding hydrogens is 356 g/mol. The Hall–Kier alpha value is -2.10. The summed E-state index contributed by atoms with van der Waals surface area (Å²) in [5.74, 6) is 0.0147. The number of benzene rings is 2. The van der Waals surface area contributed by atoms with Crippen LogP contribution in [0.4, 0.5) is 0 Å². The molecule has 1 N–H and O–H groups in total. The van der Waals surface area contributed by atoms with Crippen LogP contribution >= 0.6 is 12.4 Å². The highest BCUT2D eigenvalue weighted by Gasteiger charge is 2.37. The summed E-state index contributed by atoms with van der Waals surface area (Å²) in [6, 6.07) is 20.8. The Morgan fingerprint density at radius 3 is 2.11 bits per heavy atom. The predicted octanol–water partition coefficient (Wildman–Crippen LogP) is 4.68. The second-order valence-corrected chi connectivity index (χ2v) is 7.30. The number of nitrogens with one attached hydrogen (secondary N) is 1. The van der Waals surface area contributed by atoms with Gasteiger partial charge in [-0.15, -0.1) is 12.4 Å². The van der Waals surface area contributed by atoms with Gasteiger partial charge >= 0.3 is 0 Å². The Bertz CT molecular complexity index is 746. The molecule has 0 saturated heterocycles. The van der Waals surface area contributed by atoms with E-state index in [1.165, 1.54) is 11.1 Å². The van der Waals surface area contributed by atoms with Crippen molar-refractivity contribution in [1.29, 1.82) is 0 Å². The SMILES string of the molecule is CN(C)C1(c2ccccc2)CCC(=CC(=O)NCc2ccccc2)CC1.Cl. The second kappa shape index (κ2) is 9.72. The number of amides is 1. The number of carbonyl (C=O) groups is 1. The summed E-state index contributed by atoms with van der Waals surface area (Å²) in [4.78, 5) is 14.6. The van der Waals surface area contributed by atoms with Gasteiger partial charge in [0, 0.05) is 18.2 Å². The number of allylic oxidation sites excluding steroid dienone is 1. The summed E-state index contributed by atoms with van der Waals surface area (Å²) in [6.45, 7) is 0.578. The highest BCUT2D eigenvalue weighted by atomic mass is 35.5. The monoisotopic (exact) mass is 384 g/mol. The van der Waals surface area contributed by atoms with E-state index in [4.69, 9.17) is 0 Å². The van der Waals surface area contributed by atoms with Crippen LogP contribution in [-0.2, 0) is 16.9 Å². The van der Waals surface area contributed by atoms with Gasteiger partial charge < -0.3 is 5.32 Å². The third kappa shape index (κ3) is 5.21. The van der Waals surface area contributed by atoms with E-state index in [0.29, 0.717) is 6.54 Å². The molecule has 0 spiro atoms. The molecule has 3 nitrogen and oxygen atoms in total. The minimum Gasteiger partial charge on any atom is -0.348 e. The van der Waals surface area contributed by atoms with Crippen molar-refractivity contribution >= 4 is 18.3 Å². The van der Waals surface area contributed by atoms with Crippen LogP contribution in [0.1, 0.15) is 36.8 Å². The van der Waals surface area contributed by atoms with Crippen LogP contribution < -0.4 is 5.32 Å². The molecule has 0 heterocycles. The Balaban J connectivity index is 0.00000261. The van der Waals surface area contributed by atoms with Crippen LogP contribution in [0.5, 0.6) is 0 Å². The summed E-state index contributed by atoms with van der Waals surface area (Å²) in [6.07, 6.45) is 5.83. The number of halogens is 1. The quantitative estimate of drug-likeness (QED) is 0.759. The lowest BCUT2D eigenvalue weighted by Crippen LogP contribution is -2.43. The third-order valence-corrected chi connectivity index (χ3v) is 5.53. The van der Waals surface area contributed by atoms with Crippen molar-refractivity contribution in [2.45, 2.75) is 37.8 Å². The van der Waals surface area contributed by atoms with Crippen molar-refractivity contribution in [3.05, 3.63) is 83.4 Å². The van der Waals surface area contributed by atoms with Gasteiger partial charge in [-0.2, -0.15) is 0 Å². The smallest absolute Gasteiger partial charge is 0.244 e. The lowest BCUT2D eigenvalue weighted by molar-refractivity contribution is -0.116. The molecule has 0 bridgehead atoms. The number of carbonyl (C=O) groups excluding carboxylic acids is 1. The Morgan fingerprint density at radius 1 is 1.00 bits per heavy atom. The topological polar surface area (TPSA) is 32.3 Å². The molecule has 1 aliphatic rings. The van der Waals surface area contributed by atoms with Crippen molar-refractivity contribution in [2.75, 3.05) is 14.1 Å². The fourth-order valence-corrected chi connectivity index (χ4v) is 3.89. The fourth-order valence-electron chi connectivity index (χ4n) is 3.89. The zero-order chi connectivity index (χ0) is 18.4. The van der Waals surface area contributed by atoms with Crippen molar-refractivity contribution in [1.82, 2.24) is 10.2 Å². The van der Waals surface area contributed by atoms with Gasteiger partial charge in [-0.25, -0.2) is 0 Å². The summed E-state index contributed by atoms with van der Waals surface area (Å²) in [5.41, 5.74) is 3.82. The van der Waals surface area contributed by atoms with E-state index < -0.39 is 0 Å². The molecule has 2 aromatic carbocycles. The van der Waals surface area contributed by atoms with Crippen LogP contribution in [0.3, 0.4) is 0 Å². The summed E-state index contributed by atoms with van der Waals surface area (Å²) < 4.78 is 0. The van der Waals surface area contributed by atoms with Crippen LogP contribution in [0.15, 0.2) is 72.3 Å². The van der Waals surface area contributed by atoms with Crippen LogP contribution in [0.25, 0.3) is 0 Å². The number of hydrogen-bond acceptors (Lipinski definition) is 2. The van der Waals surface area contributed by atoms with E-state index in [0.717, 1.165) is 31.2 Å². The van der Waals surface area contributed by atoms with Crippen LogP contribution in [0.2, 0.25) is 0 Å². The molecule has 0 aliphatic heterocycles. The molecular formula is C23H29ClN2O. The van der Waals surface area contributed by atoms with Gasteiger partial charge in [-0.1, -0.05) is 66.2 Å². The molecule has 3 rings (SSSR count). The lowest BCUT2D eigenvalue weighted by atomic mass is 9.74. The van der Waals surface area contributed by atoms with E-state index in [9.17, 15) is 4.79 Å². The van der Waals surface area contributed by atoms with E-state index in [-0.39, 0.29) is 23.9 Å². The third-order valence-electron chi connectivity index (χ3n) is 5.53. The molecule has 0 aromatic heterocycles. The van der Waals surface area contributed by atoms with Gasteiger partial charge in [-0.3, -0.25) is 9.69 Å². The van der Waals surface area contributed by atoms with Crippen LogP contribution in [-0.4, -0.2) is 24.9 Å². The highest BCUT2D eigenvalue weighted by molar-refractivity contribution is 5.88. The molecule has 0 radical (unpaired) electrons. The fraction of sp³-hybridized carbons (Fsp3) is 0.348. The van der Waals surface area contributed by atoms with E-state index in [1.807, 2.05) is 36.4 Å². The van der Waals surface area contributed by atoms with Gasteiger partial charge in [0.25, 0.3) is 0 Å². The lowest BCUT2D eigenvalue weighted by Gasteiger charge is -2.44. The maximum absolute atomic E-state index is 12.3. The molecule has 2 aromatic rings. The van der Waals surface area contributed by atoms with E-state index in [2.05, 4.69) is 54.6 Å². The number of hydrogen-bond donors (Lipinski definition) is 1. The molecule has 1 saturated carbocycles. The Labute approximate surface area is 168 Å². The maximum Gasteiger partial charge on any atom is 0.244 e. The maximum atomic E-state index is 12.3. The van der Waals surface area contributed by atoms with Crippen molar-refractivity contribution in [2.24, 2.45) is 0 Å². The molecule has 144 valence electrons. The zero-order valence-corrected chi connectivity index (χ0v) is 17.0. The standard InChI is InChI=1S/C23H28N2O.ClH/c1-25(2)23(21-11-7-4-8-12-21)15-13-19(14-16-23)17-22(26)24-18-20-9-5-3-6-10-20;/h3-12,17H,13-16,18H2,1-2H3,(H,24,26);1H. The number of rotatable bonds is 5. The first-order valence-electron chi connectivity index (χ1n) is 9.34. The minimum absolute atomic E-state index is 0. The molecule has 1 fully saturated rings. The molecule has 0 unspecified atom stereocenters. The van der Waals surface area contributed by atoms with E-state index >= 15 is 0 Å². The van der Waals surface area contributed by atoms with Crippen molar-refractivity contribution in [3.63, 3.8) is 0 Å². The second-order valence-electron chi connectivity index (χ2n) is 7.30. The first kappa shape index (κ1) is 21.2. The number of nitrogens with zero attached hydrogens (tertiary/aromatic N) is 1. The summed E-state index contributed by atoms with van der Waals surface area (Å²) >= 11 is 0. The summed E-state index contributed by atoms with van der Waals surface area (Å²) in [7, 11) is 4.32. The minimum atomic E-state index is 0. The zero-order valence-electron chi connectivity index (χ0n) is 16.2. The average molecular weight is 385 g/mol. The Morgan fingerprint density at radius 2 is 1.56 bits per heavy atom. The molecule has 4 heteroatoms. The normalized spacial score (nSPS) is 19.3.